The molecule has 4 heteroatoms. The number of carbonyl (C=O) groups is 1. The largest absolute Gasteiger partial charge is 0.493 e. The van der Waals surface area contributed by atoms with E-state index in [1.807, 2.05) is 74.4 Å². The lowest BCUT2D eigenvalue weighted by atomic mass is 10.2. The van der Waals surface area contributed by atoms with Gasteiger partial charge in [0, 0.05) is 26.3 Å². The molecule has 0 aliphatic rings. The fourth-order valence-corrected chi connectivity index (χ4v) is 2.10. The van der Waals surface area contributed by atoms with Crippen molar-refractivity contribution in [3.8, 4) is 5.75 Å². The van der Waals surface area contributed by atoms with Crippen molar-refractivity contribution < 1.29 is 9.53 Å². The first-order chi connectivity index (χ1) is 11.0. The predicted octanol–water partition coefficient (Wildman–Crippen LogP) is 3.15. The Hall–Kier alpha value is -2.49. The number of hydrogen-bond donors (Lipinski definition) is 1. The second kappa shape index (κ2) is 8.22. The number of rotatable bonds is 7. The van der Waals surface area contributed by atoms with Crippen molar-refractivity contribution in [2.75, 3.05) is 25.6 Å². The van der Waals surface area contributed by atoms with Gasteiger partial charge in [-0.15, -0.1) is 0 Å². The van der Waals surface area contributed by atoms with Crippen molar-refractivity contribution in [1.82, 2.24) is 5.32 Å². The normalized spacial score (nSPS) is 10.2. The first-order valence-corrected chi connectivity index (χ1v) is 7.77. The van der Waals surface area contributed by atoms with Crippen LogP contribution in [0.5, 0.6) is 5.75 Å². The summed E-state index contributed by atoms with van der Waals surface area (Å²) in [4.78, 5) is 13.9. The van der Waals surface area contributed by atoms with E-state index in [1.54, 1.807) is 0 Å². The highest BCUT2D eigenvalue weighted by molar-refractivity contribution is 5.76. The molecule has 0 aromatic heterocycles. The molecular formula is C19H24N2O2. The lowest BCUT2D eigenvalue weighted by molar-refractivity contribution is -0.121. The summed E-state index contributed by atoms with van der Waals surface area (Å²) in [6.07, 6.45) is 0.351. The lowest BCUT2D eigenvalue weighted by Gasteiger charge is -2.13. The van der Waals surface area contributed by atoms with Crippen LogP contribution in [0.3, 0.4) is 0 Å². The monoisotopic (exact) mass is 312 g/mol. The lowest BCUT2D eigenvalue weighted by Crippen LogP contribution is -2.24. The number of carbonyl (C=O) groups excluding carboxylic acids is 1. The van der Waals surface area contributed by atoms with Crippen LogP contribution in [0.15, 0.2) is 48.5 Å². The molecule has 23 heavy (non-hydrogen) atoms. The Kier molecular flexibility index (Phi) is 6.03. The molecule has 0 bridgehead atoms. The highest BCUT2D eigenvalue weighted by Crippen LogP contribution is 2.13. The molecule has 1 N–H and O–H groups in total. The number of hydrogen-bond acceptors (Lipinski definition) is 3. The van der Waals surface area contributed by atoms with Gasteiger partial charge < -0.3 is 15.0 Å². The standard InChI is InChI=1S/C19H24N2O2/c1-15-4-10-18(11-5-15)23-13-12-19(22)20-14-16-6-8-17(9-7-16)21(2)3/h4-11H,12-14H2,1-3H3,(H,20,22). The van der Waals surface area contributed by atoms with Gasteiger partial charge in [0.05, 0.1) is 13.0 Å². The average Bonchev–Trinajstić information content (AvgIpc) is 2.55. The van der Waals surface area contributed by atoms with Gasteiger partial charge in [0.15, 0.2) is 0 Å². The van der Waals surface area contributed by atoms with E-state index < -0.39 is 0 Å². The molecule has 0 saturated heterocycles. The van der Waals surface area contributed by atoms with Gasteiger partial charge in [0.2, 0.25) is 5.91 Å². The quantitative estimate of drug-likeness (QED) is 0.854. The van der Waals surface area contributed by atoms with Crippen LogP contribution in [0.4, 0.5) is 5.69 Å². The second-order valence-corrected chi connectivity index (χ2v) is 5.75. The van der Waals surface area contributed by atoms with E-state index in [1.165, 1.54) is 5.56 Å². The van der Waals surface area contributed by atoms with Crippen molar-refractivity contribution in [3.05, 3.63) is 59.7 Å². The Morgan fingerprint density at radius 1 is 1.04 bits per heavy atom. The maximum atomic E-state index is 11.8. The van der Waals surface area contributed by atoms with Crippen LogP contribution in [-0.2, 0) is 11.3 Å². The number of ether oxygens (including phenoxy) is 1. The zero-order valence-corrected chi connectivity index (χ0v) is 14.0. The van der Waals surface area contributed by atoms with E-state index in [4.69, 9.17) is 4.74 Å². The predicted molar refractivity (Wildman–Crippen MR) is 93.9 cm³/mol. The van der Waals surface area contributed by atoms with Crippen molar-refractivity contribution >= 4 is 11.6 Å². The Balaban J connectivity index is 1.69. The zero-order valence-electron chi connectivity index (χ0n) is 14.0. The maximum absolute atomic E-state index is 11.8. The van der Waals surface area contributed by atoms with E-state index in [2.05, 4.69) is 5.32 Å². The van der Waals surface area contributed by atoms with E-state index in [9.17, 15) is 4.79 Å². The van der Waals surface area contributed by atoms with Crippen molar-refractivity contribution in [1.29, 1.82) is 0 Å². The Morgan fingerprint density at radius 3 is 2.30 bits per heavy atom. The fourth-order valence-electron chi connectivity index (χ4n) is 2.10. The molecule has 0 fully saturated rings. The molecule has 0 aliphatic carbocycles. The number of benzene rings is 2. The molecule has 2 rings (SSSR count). The topological polar surface area (TPSA) is 41.6 Å². The molecule has 122 valence electrons. The van der Waals surface area contributed by atoms with Gasteiger partial charge in [-0.2, -0.15) is 0 Å². The Labute approximate surface area is 138 Å². The van der Waals surface area contributed by atoms with Crippen LogP contribution < -0.4 is 15.0 Å². The van der Waals surface area contributed by atoms with Crippen molar-refractivity contribution in [2.24, 2.45) is 0 Å². The molecule has 0 unspecified atom stereocenters. The molecule has 1 amide bonds. The molecule has 2 aromatic rings. The molecule has 0 aliphatic heterocycles. The third kappa shape index (κ3) is 5.66. The highest BCUT2D eigenvalue weighted by atomic mass is 16.5. The SMILES string of the molecule is Cc1ccc(OCCC(=O)NCc2ccc(N(C)C)cc2)cc1. The number of amides is 1. The van der Waals surface area contributed by atoms with Crippen LogP contribution >= 0.6 is 0 Å². The summed E-state index contributed by atoms with van der Waals surface area (Å²) in [7, 11) is 4.01. The molecular weight excluding hydrogens is 288 g/mol. The molecule has 0 spiro atoms. The number of nitrogens with zero attached hydrogens (tertiary/aromatic N) is 1. The zero-order chi connectivity index (χ0) is 16.7. The van der Waals surface area contributed by atoms with Gasteiger partial charge in [-0.1, -0.05) is 29.8 Å². The minimum Gasteiger partial charge on any atom is -0.493 e. The number of aryl methyl sites for hydroxylation is 1. The van der Waals surface area contributed by atoms with Crippen molar-refractivity contribution in [2.45, 2.75) is 19.9 Å². The first kappa shape index (κ1) is 16.9. The van der Waals surface area contributed by atoms with E-state index in [-0.39, 0.29) is 5.91 Å². The Bertz CT molecular complexity index is 619. The van der Waals surface area contributed by atoms with E-state index >= 15 is 0 Å². The fraction of sp³-hybridized carbons (Fsp3) is 0.316. The first-order valence-electron chi connectivity index (χ1n) is 7.77. The van der Waals surface area contributed by atoms with Crippen LogP contribution in [-0.4, -0.2) is 26.6 Å². The van der Waals surface area contributed by atoms with E-state index in [0.29, 0.717) is 19.6 Å². The van der Waals surface area contributed by atoms with Crippen molar-refractivity contribution in [3.63, 3.8) is 0 Å². The molecule has 2 aromatic carbocycles. The van der Waals surface area contributed by atoms with Crippen LogP contribution in [0.2, 0.25) is 0 Å². The summed E-state index contributed by atoms with van der Waals surface area (Å²) in [5, 5.41) is 2.91. The molecule has 0 radical (unpaired) electrons. The molecule has 0 heterocycles. The van der Waals surface area contributed by atoms with Gasteiger partial charge in [0.25, 0.3) is 0 Å². The number of nitrogens with one attached hydrogen (secondary N) is 1. The minimum absolute atomic E-state index is 0.00574. The van der Waals surface area contributed by atoms with Crippen LogP contribution in [0, 0.1) is 6.92 Å². The third-order valence-electron chi connectivity index (χ3n) is 3.56. The smallest absolute Gasteiger partial charge is 0.223 e. The molecule has 4 nitrogen and oxygen atoms in total. The summed E-state index contributed by atoms with van der Waals surface area (Å²) in [6, 6.07) is 16.0. The highest BCUT2D eigenvalue weighted by Gasteiger charge is 2.03. The van der Waals surface area contributed by atoms with Crippen LogP contribution in [0.25, 0.3) is 0 Å². The third-order valence-corrected chi connectivity index (χ3v) is 3.56. The van der Waals surface area contributed by atoms with Gasteiger partial charge >= 0.3 is 0 Å². The summed E-state index contributed by atoms with van der Waals surface area (Å²) in [5.74, 6) is 0.788. The van der Waals surface area contributed by atoms with E-state index in [0.717, 1.165) is 17.0 Å². The summed E-state index contributed by atoms with van der Waals surface area (Å²) >= 11 is 0. The average molecular weight is 312 g/mol. The minimum atomic E-state index is -0.00574. The Morgan fingerprint density at radius 2 is 1.70 bits per heavy atom. The molecule has 0 saturated carbocycles. The summed E-state index contributed by atoms with van der Waals surface area (Å²) < 4.78 is 5.56. The molecule has 0 atom stereocenters. The summed E-state index contributed by atoms with van der Waals surface area (Å²) in [5.41, 5.74) is 3.42. The maximum Gasteiger partial charge on any atom is 0.223 e. The summed E-state index contributed by atoms with van der Waals surface area (Å²) in [6.45, 7) is 2.95. The van der Waals surface area contributed by atoms with Gasteiger partial charge in [-0.3, -0.25) is 4.79 Å². The van der Waals surface area contributed by atoms with Gasteiger partial charge in [-0.05, 0) is 36.8 Å². The van der Waals surface area contributed by atoms with Gasteiger partial charge in [0.1, 0.15) is 5.75 Å². The number of anilines is 1. The van der Waals surface area contributed by atoms with Crippen LogP contribution in [0.1, 0.15) is 17.5 Å². The van der Waals surface area contributed by atoms with Gasteiger partial charge in [-0.25, -0.2) is 0 Å². The second-order valence-electron chi connectivity index (χ2n) is 5.75.